The molecule has 0 aromatic rings. The van der Waals surface area contributed by atoms with E-state index in [1.165, 1.54) is 116 Å². The molecule has 0 aromatic heterocycles. The van der Waals surface area contributed by atoms with Crippen LogP contribution in [-0.4, -0.2) is 96.7 Å². The first kappa shape index (κ1) is 83.1. The van der Waals surface area contributed by atoms with Gasteiger partial charge in [-0.2, -0.15) is 0 Å². The molecular formula is C66H128O17P2. The molecule has 0 saturated carbocycles. The average molecular weight is 1260 g/mol. The predicted octanol–water partition coefficient (Wildman–Crippen LogP) is 18.1. The van der Waals surface area contributed by atoms with Gasteiger partial charge in [0.15, 0.2) is 12.2 Å². The zero-order valence-electron chi connectivity index (χ0n) is 55.2. The van der Waals surface area contributed by atoms with Gasteiger partial charge in [-0.15, -0.1) is 0 Å². The summed E-state index contributed by atoms with van der Waals surface area (Å²) in [5, 5.41) is 10.6. The van der Waals surface area contributed by atoms with E-state index >= 15 is 0 Å². The van der Waals surface area contributed by atoms with Crippen LogP contribution in [0.2, 0.25) is 0 Å². The fraction of sp³-hybridized carbons (Fsp3) is 0.939. The van der Waals surface area contributed by atoms with E-state index in [1.807, 2.05) is 0 Å². The highest BCUT2D eigenvalue weighted by Gasteiger charge is 2.30. The van der Waals surface area contributed by atoms with Crippen molar-refractivity contribution >= 4 is 39.5 Å². The van der Waals surface area contributed by atoms with E-state index in [-0.39, 0.29) is 25.7 Å². The minimum absolute atomic E-state index is 0.103. The second-order valence-electron chi connectivity index (χ2n) is 25.5. The van der Waals surface area contributed by atoms with Gasteiger partial charge in [0.1, 0.15) is 19.3 Å². The monoisotopic (exact) mass is 1250 g/mol. The van der Waals surface area contributed by atoms with Crippen LogP contribution < -0.4 is 0 Å². The number of aliphatic hydroxyl groups excluding tert-OH is 1. The number of hydrogen-bond acceptors (Lipinski definition) is 15. The van der Waals surface area contributed by atoms with Gasteiger partial charge in [-0.05, 0) is 49.4 Å². The van der Waals surface area contributed by atoms with Crippen LogP contribution in [-0.2, 0) is 65.4 Å². The van der Waals surface area contributed by atoms with Crippen LogP contribution in [0.5, 0.6) is 0 Å². The highest BCUT2D eigenvalue weighted by Crippen LogP contribution is 2.45. The lowest BCUT2D eigenvalue weighted by Crippen LogP contribution is -2.30. The number of hydrogen-bond donors (Lipinski definition) is 3. The Morgan fingerprint density at radius 1 is 0.329 bits per heavy atom. The SMILES string of the molecule is CCC(C)CCCCCCCCCCC(=O)O[C@H](COC(=O)CCCCCCCCC(C)C)COP(=O)(O)OC[C@H](O)COP(=O)(O)OC[C@@H](COC(=O)CCCCCCCCCCCC(C)C)OC(=O)CCCCCCCCCCCC(C)C. The highest BCUT2D eigenvalue weighted by molar-refractivity contribution is 7.47. The predicted molar refractivity (Wildman–Crippen MR) is 340 cm³/mol. The van der Waals surface area contributed by atoms with E-state index in [0.29, 0.717) is 31.6 Å². The van der Waals surface area contributed by atoms with Crippen LogP contribution in [0.3, 0.4) is 0 Å². The van der Waals surface area contributed by atoms with Crippen molar-refractivity contribution < 1.29 is 80.2 Å². The normalized spacial score (nSPS) is 14.7. The average Bonchev–Trinajstić information content (AvgIpc) is 3.50. The van der Waals surface area contributed by atoms with E-state index in [2.05, 4.69) is 55.4 Å². The molecule has 3 N–H and O–H groups in total. The molecule has 85 heavy (non-hydrogen) atoms. The van der Waals surface area contributed by atoms with E-state index in [4.69, 9.17) is 37.0 Å². The molecule has 19 heteroatoms. The number of esters is 4. The Morgan fingerprint density at radius 3 is 0.835 bits per heavy atom. The third-order valence-electron chi connectivity index (χ3n) is 15.4. The summed E-state index contributed by atoms with van der Waals surface area (Å²) >= 11 is 0. The first-order valence-corrected chi connectivity index (χ1v) is 37.2. The van der Waals surface area contributed by atoms with Gasteiger partial charge in [-0.1, -0.05) is 267 Å². The fourth-order valence-electron chi connectivity index (χ4n) is 9.75. The van der Waals surface area contributed by atoms with Crippen LogP contribution in [0.15, 0.2) is 0 Å². The smallest absolute Gasteiger partial charge is 0.462 e. The molecular weight excluding hydrogens is 1130 g/mol. The van der Waals surface area contributed by atoms with Crippen LogP contribution in [0.25, 0.3) is 0 Å². The molecule has 0 bridgehead atoms. The fourth-order valence-corrected chi connectivity index (χ4v) is 11.3. The Hall–Kier alpha value is -1.94. The van der Waals surface area contributed by atoms with Gasteiger partial charge in [-0.25, -0.2) is 9.13 Å². The van der Waals surface area contributed by atoms with Gasteiger partial charge in [0.05, 0.1) is 26.4 Å². The topological polar surface area (TPSA) is 237 Å². The maximum absolute atomic E-state index is 13.0. The minimum atomic E-state index is -4.95. The maximum atomic E-state index is 13.0. The Bertz CT molecular complexity index is 1700. The van der Waals surface area contributed by atoms with Crippen molar-refractivity contribution in [3.63, 3.8) is 0 Å². The second kappa shape index (κ2) is 56.1. The lowest BCUT2D eigenvalue weighted by molar-refractivity contribution is -0.161. The first-order valence-electron chi connectivity index (χ1n) is 34.2. The molecule has 0 fully saturated rings. The van der Waals surface area contributed by atoms with Crippen molar-refractivity contribution in [2.45, 2.75) is 337 Å². The number of rotatable bonds is 63. The van der Waals surface area contributed by atoms with Crippen molar-refractivity contribution in [2.75, 3.05) is 39.6 Å². The van der Waals surface area contributed by atoms with Gasteiger partial charge in [0.2, 0.25) is 0 Å². The highest BCUT2D eigenvalue weighted by atomic mass is 31.2. The van der Waals surface area contributed by atoms with Crippen molar-refractivity contribution in [3.8, 4) is 0 Å². The lowest BCUT2D eigenvalue weighted by Gasteiger charge is -2.21. The number of phosphoric ester groups is 2. The van der Waals surface area contributed by atoms with Crippen molar-refractivity contribution in [3.05, 3.63) is 0 Å². The third kappa shape index (κ3) is 59.5. The molecule has 0 aliphatic heterocycles. The summed E-state index contributed by atoms with van der Waals surface area (Å²) in [6.45, 7) is 14.0. The second-order valence-corrected chi connectivity index (χ2v) is 28.4. The molecule has 0 rings (SSSR count). The minimum Gasteiger partial charge on any atom is -0.462 e. The Labute approximate surface area is 517 Å². The van der Waals surface area contributed by atoms with Crippen LogP contribution in [0.1, 0.15) is 319 Å². The van der Waals surface area contributed by atoms with E-state index in [0.717, 1.165) is 114 Å². The first-order chi connectivity index (χ1) is 40.6. The van der Waals surface area contributed by atoms with Crippen molar-refractivity contribution in [2.24, 2.45) is 23.7 Å². The Balaban J connectivity index is 5.26. The van der Waals surface area contributed by atoms with Crippen LogP contribution >= 0.6 is 15.6 Å². The van der Waals surface area contributed by atoms with Gasteiger partial charge in [0.25, 0.3) is 0 Å². The van der Waals surface area contributed by atoms with Gasteiger partial charge in [-0.3, -0.25) is 37.3 Å². The molecule has 3 unspecified atom stereocenters. The molecule has 0 amide bonds. The molecule has 0 heterocycles. The summed E-state index contributed by atoms with van der Waals surface area (Å²) in [7, 11) is -9.89. The summed E-state index contributed by atoms with van der Waals surface area (Å²) in [4.78, 5) is 72.3. The summed E-state index contributed by atoms with van der Waals surface area (Å²) in [6.07, 6.45) is 36.3. The van der Waals surface area contributed by atoms with Gasteiger partial charge < -0.3 is 33.8 Å². The third-order valence-corrected chi connectivity index (χ3v) is 17.3. The Kier molecular flexibility index (Phi) is 54.8. The maximum Gasteiger partial charge on any atom is 0.472 e. The molecule has 504 valence electrons. The number of phosphoric acid groups is 2. The van der Waals surface area contributed by atoms with Crippen LogP contribution in [0.4, 0.5) is 0 Å². The molecule has 17 nitrogen and oxygen atoms in total. The number of unbranched alkanes of at least 4 members (excludes halogenated alkanes) is 28. The van der Waals surface area contributed by atoms with Crippen molar-refractivity contribution in [1.82, 2.24) is 0 Å². The number of carbonyl (C=O) groups is 4. The molecule has 0 aliphatic carbocycles. The largest absolute Gasteiger partial charge is 0.472 e. The quantitative estimate of drug-likeness (QED) is 0.0222. The number of carbonyl (C=O) groups excluding carboxylic acids is 4. The molecule has 0 aliphatic rings. The number of ether oxygens (including phenoxy) is 4. The van der Waals surface area contributed by atoms with E-state index < -0.39 is 97.5 Å². The summed E-state index contributed by atoms with van der Waals surface area (Å²) in [5.41, 5.74) is 0. The summed E-state index contributed by atoms with van der Waals surface area (Å²) in [5.74, 6) is 0.791. The summed E-state index contributed by atoms with van der Waals surface area (Å²) < 4.78 is 68.1. The molecule has 0 spiro atoms. The lowest BCUT2D eigenvalue weighted by atomic mass is 9.99. The molecule has 0 aromatic carbocycles. The molecule has 6 atom stereocenters. The standard InChI is InChI=1S/C66H128O17P2/c1-9-59(8)45-37-29-20-16-17-23-33-41-49-66(71)83-62(53-77-64(69)47-39-31-25-24-28-36-44-58(6)7)55-81-85(74,75)79-51-60(67)50-78-84(72,73)80-54-61(82-65(70)48-40-32-22-15-11-13-19-27-35-43-57(4)5)52-76-63(68)46-38-30-21-14-10-12-18-26-34-42-56(2)3/h56-62,67H,9-55H2,1-8H3,(H,72,73)(H,74,75)/t59?,60-,61-,62-/m1/s1. The zero-order valence-corrected chi connectivity index (χ0v) is 57.0. The van der Waals surface area contributed by atoms with Crippen LogP contribution in [0, 0.1) is 23.7 Å². The Morgan fingerprint density at radius 2 is 0.565 bits per heavy atom. The van der Waals surface area contributed by atoms with Gasteiger partial charge >= 0.3 is 39.5 Å². The molecule has 0 radical (unpaired) electrons. The van der Waals surface area contributed by atoms with E-state index in [9.17, 15) is 43.2 Å². The zero-order chi connectivity index (χ0) is 63.2. The summed E-state index contributed by atoms with van der Waals surface area (Å²) in [6, 6.07) is 0. The number of aliphatic hydroxyl groups is 1. The molecule has 0 saturated heterocycles. The van der Waals surface area contributed by atoms with E-state index in [1.54, 1.807) is 0 Å². The van der Waals surface area contributed by atoms with Crippen molar-refractivity contribution in [1.29, 1.82) is 0 Å². The van der Waals surface area contributed by atoms with Gasteiger partial charge in [0, 0.05) is 25.7 Å².